The highest BCUT2D eigenvalue weighted by molar-refractivity contribution is 5.72. The molecule has 0 spiro atoms. The average molecular weight is 242 g/mol. The van der Waals surface area contributed by atoms with E-state index in [2.05, 4.69) is 29.7 Å². The minimum atomic E-state index is 0.853. The van der Waals surface area contributed by atoms with Crippen molar-refractivity contribution in [2.75, 3.05) is 26.2 Å². The van der Waals surface area contributed by atoms with E-state index in [4.69, 9.17) is 4.74 Å². The summed E-state index contributed by atoms with van der Waals surface area (Å²) in [6.45, 7) is 0. The monoisotopic (exact) mass is 242 g/mol. The van der Waals surface area contributed by atoms with Crippen LogP contribution in [0.3, 0.4) is 0 Å². The van der Waals surface area contributed by atoms with Crippen LogP contribution in [-0.2, 0) is 0 Å². The minimum Gasteiger partial charge on any atom is -0.495 e. The normalized spacial score (nSPS) is 10.2. The van der Waals surface area contributed by atoms with E-state index >= 15 is 0 Å². The van der Waals surface area contributed by atoms with Crippen LogP contribution in [0.25, 0.3) is 11.1 Å². The molecular formula is C15H18N2O. The van der Waals surface area contributed by atoms with Crippen molar-refractivity contribution in [3.05, 3.63) is 48.5 Å². The van der Waals surface area contributed by atoms with E-state index in [0.29, 0.717) is 0 Å². The largest absolute Gasteiger partial charge is 0.495 e. The Hall–Kier alpha value is -2.00. The van der Waals surface area contributed by atoms with Crippen LogP contribution in [-0.4, -0.2) is 21.2 Å². The van der Waals surface area contributed by atoms with Gasteiger partial charge in [0.1, 0.15) is 5.75 Å². The summed E-state index contributed by atoms with van der Waals surface area (Å²) in [5.74, 6) is 0.853. The molecule has 18 heavy (non-hydrogen) atoms. The number of rotatable bonds is 4. The van der Waals surface area contributed by atoms with E-state index in [1.165, 1.54) is 11.1 Å². The first-order valence-electron chi connectivity index (χ1n) is 5.91. The topological polar surface area (TPSA) is 24.5 Å². The Bertz CT molecular complexity index is 511. The quantitative estimate of drug-likeness (QED) is 0.834. The molecule has 2 aromatic rings. The second-order valence-electron chi connectivity index (χ2n) is 4.04. The minimum absolute atomic E-state index is 0.853. The highest BCUT2D eigenvalue weighted by Gasteiger charge is 2.08. The lowest BCUT2D eigenvalue weighted by Gasteiger charge is -2.21. The van der Waals surface area contributed by atoms with Crippen molar-refractivity contribution in [3.8, 4) is 16.9 Å². The molecule has 0 fully saturated rings. The van der Waals surface area contributed by atoms with E-state index in [1.54, 1.807) is 7.11 Å². The molecule has 0 saturated heterocycles. The predicted molar refractivity (Wildman–Crippen MR) is 75.9 cm³/mol. The maximum absolute atomic E-state index is 5.38. The van der Waals surface area contributed by atoms with E-state index in [-0.39, 0.29) is 0 Å². The molecule has 0 saturated carbocycles. The Morgan fingerprint density at radius 1 is 1.00 bits per heavy atom. The van der Waals surface area contributed by atoms with E-state index in [0.717, 1.165) is 11.4 Å². The van der Waals surface area contributed by atoms with Crippen molar-refractivity contribution in [2.24, 2.45) is 0 Å². The summed E-state index contributed by atoms with van der Waals surface area (Å²) >= 11 is 0. The average Bonchev–Trinajstić information content (AvgIpc) is 2.46. The van der Waals surface area contributed by atoms with E-state index < -0.39 is 0 Å². The molecule has 0 aliphatic rings. The van der Waals surface area contributed by atoms with Crippen LogP contribution in [0.15, 0.2) is 48.5 Å². The number of anilines is 1. The molecule has 0 amide bonds. The van der Waals surface area contributed by atoms with Gasteiger partial charge in [-0.2, -0.15) is 0 Å². The molecular weight excluding hydrogens is 224 g/mol. The summed E-state index contributed by atoms with van der Waals surface area (Å²) in [6.07, 6.45) is 0. The highest BCUT2D eigenvalue weighted by atomic mass is 16.5. The Kier molecular flexibility index (Phi) is 3.85. The fraction of sp³-hybridized carbons (Fsp3) is 0.200. The summed E-state index contributed by atoms with van der Waals surface area (Å²) in [5.41, 5.74) is 6.48. The third-order valence-electron chi connectivity index (χ3n) is 2.98. The van der Waals surface area contributed by atoms with Gasteiger partial charge in [-0.1, -0.05) is 36.4 Å². The van der Waals surface area contributed by atoms with Gasteiger partial charge in [-0.15, -0.1) is 0 Å². The third-order valence-corrected chi connectivity index (χ3v) is 2.98. The maximum atomic E-state index is 5.38. The molecule has 2 rings (SSSR count). The number of methoxy groups -OCH3 is 1. The van der Waals surface area contributed by atoms with Crippen LogP contribution < -0.4 is 15.2 Å². The number of hydrogen-bond donors (Lipinski definition) is 1. The summed E-state index contributed by atoms with van der Waals surface area (Å²) in [4.78, 5) is 0. The van der Waals surface area contributed by atoms with Crippen molar-refractivity contribution in [1.29, 1.82) is 0 Å². The van der Waals surface area contributed by atoms with Crippen LogP contribution in [0.4, 0.5) is 5.69 Å². The molecule has 0 aliphatic heterocycles. The van der Waals surface area contributed by atoms with Gasteiger partial charge in [0, 0.05) is 14.1 Å². The smallest absolute Gasteiger partial charge is 0.143 e. The first kappa shape index (κ1) is 12.5. The third kappa shape index (κ3) is 2.46. The van der Waals surface area contributed by atoms with E-state index in [1.807, 2.05) is 43.4 Å². The van der Waals surface area contributed by atoms with Gasteiger partial charge in [-0.25, -0.2) is 5.43 Å². The summed E-state index contributed by atoms with van der Waals surface area (Å²) in [6, 6.07) is 16.5. The van der Waals surface area contributed by atoms with Crippen LogP contribution in [0.1, 0.15) is 0 Å². The molecule has 0 radical (unpaired) electrons. The molecule has 1 N–H and O–H groups in total. The van der Waals surface area contributed by atoms with Gasteiger partial charge in [-0.05, 0) is 23.3 Å². The molecule has 0 heterocycles. The molecule has 0 aliphatic carbocycles. The summed E-state index contributed by atoms with van der Waals surface area (Å²) < 4.78 is 5.38. The van der Waals surface area contributed by atoms with Crippen LogP contribution >= 0.6 is 0 Å². The first-order chi connectivity index (χ1) is 8.76. The SMILES string of the molecule is CNN(C)c1cc(-c2ccccc2)ccc1OC. The van der Waals surface area contributed by atoms with Gasteiger partial charge in [0.15, 0.2) is 0 Å². The molecule has 3 heteroatoms. The summed E-state index contributed by atoms with van der Waals surface area (Å²) in [7, 11) is 5.53. The zero-order chi connectivity index (χ0) is 13.0. The molecule has 0 atom stereocenters. The number of benzene rings is 2. The lowest BCUT2D eigenvalue weighted by molar-refractivity contribution is 0.414. The fourth-order valence-electron chi connectivity index (χ4n) is 1.88. The predicted octanol–water partition coefficient (Wildman–Crippen LogP) is 2.93. The van der Waals surface area contributed by atoms with Crippen molar-refractivity contribution in [2.45, 2.75) is 0 Å². The second-order valence-corrected chi connectivity index (χ2v) is 4.04. The Morgan fingerprint density at radius 3 is 2.33 bits per heavy atom. The zero-order valence-corrected chi connectivity index (χ0v) is 11.0. The number of hydrazine groups is 1. The maximum Gasteiger partial charge on any atom is 0.143 e. The molecule has 3 nitrogen and oxygen atoms in total. The van der Waals surface area contributed by atoms with Crippen LogP contribution in [0.5, 0.6) is 5.75 Å². The number of hydrogen-bond acceptors (Lipinski definition) is 3. The van der Waals surface area contributed by atoms with E-state index in [9.17, 15) is 0 Å². The first-order valence-corrected chi connectivity index (χ1v) is 5.91. The zero-order valence-electron chi connectivity index (χ0n) is 11.0. The Balaban J connectivity index is 2.46. The second kappa shape index (κ2) is 5.56. The van der Waals surface area contributed by atoms with Crippen molar-refractivity contribution in [3.63, 3.8) is 0 Å². The van der Waals surface area contributed by atoms with Gasteiger partial charge in [-0.3, -0.25) is 0 Å². The lowest BCUT2D eigenvalue weighted by atomic mass is 10.0. The molecule has 0 bridgehead atoms. The van der Waals surface area contributed by atoms with Gasteiger partial charge in [0.05, 0.1) is 12.8 Å². The Labute approximate surface area is 108 Å². The lowest BCUT2D eigenvalue weighted by Crippen LogP contribution is -2.30. The number of nitrogens with zero attached hydrogens (tertiary/aromatic N) is 1. The molecule has 2 aromatic carbocycles. The van der Waals surface area contributed by atoms with Crippen molar-refractivity contribution < 1.29 is 4.74 Å². The Morgan fingerprint density at radius 2 is 1.72 bits per heavy atom. The number of nitrogens with one attached hydrogen (secondary N) is 1. The standard InChI is InChI=1S/C15H18N2O/c1-16-17(2)14-11-13(9-10-15(14)18-3)12-7-5-4-6-8-12/h4-11,16H,1-3H3. The highest BCUT2D eigenvalue weighted by Crippen LogP contribution is 2.31. The van der Waals surface area contributed by atoms with Gasteiger partial charge in [0.25, 0.3) is 0 Å². The van der Waals surface area contributed by atoms with Crippen LogP contribution in [0, 0.1) is 0 Å². The van der Waals surface area contributed by atoms with Crippen molar-refractivity contribution in [1.82, 2.24) is 5.43 Å². The van der Waals surface area contributed by atoms with Gasteiger partial charge < -0.3 is 9.75 Å². The van der Waals surface area contributed by atoms with Crippen LogP contribution in [0.2, 0.25) is 0 Å². The number of ether oxygens (including phenoxy) is 1. The van der Waals surface area contributed by atoms with Crippen molar-refractivity contribution >= 4 is 5.69 Å². The molecule has 0 aromatic heterocycles. The van der Waals surface area contributed by atoms with Gasteiger partial charge in [0.2, 0.25) is 0 Å². The molecule has 0 unspecified atom stereocenters. The summed E-state index contributed by atoms with van der Waals surface area (Å²) in [5, 5.41) is 1.94. The van der Waals surface area contributed by atoms with Gasteiger partial charge >= 0.3 is 0 Å². The fourth-order valence-corrected chi connectivity index (χ4v) is 1.88. The molecule has 94 valence electrons.